The van der Waals surface area contributed by atoms with Crippen LogP contribution in [0.25, 0.3) is 0 Å². The molecule has 0 spiro atoms. The van der Waals surface area contributed by atoms with Crippen LogP contribution in [0.5, 0.6) is 0 Å². The van der Waals surface area contributed by atoms with E-state index in [2.05, 4.69) is 0 Å². The molecule has 5 heteroatoms. The Labute approximate surface area is 111 Å². The SMILES string of the molecule is N#Cc1cc(F)ccc1N(CC(=O)O)C1CCCC1. The molecule has 0 atom stereocenters. The number of carboxylic acid groups (broad SMARTS) is 1. The monoisotopic (exact) mass is 262 g/mol. The molecule has 1 saturated carbocycles. The average molecular weight is 262 g/mol. The Morgan fingerprint density at radius 2 is 2.16 bits per heavy atom. The van der Waals surface area contributed by atoms with Crippen LogP contribution in [0.15, 0.2) is 18.2 Å². The van der Waals surface area contributed by atoms with Gasteiger partial charge in [-0.3, -0.25) is 4.79 Å². The minimum atomic E-state index is -0.944. The third-order valence-electron chi connectivity index (χ3n) is 3.46. The van der Waals surface area contributed by atoms with Crippen molar-refractivity contribution in [1.82, 2.24) is 0 Å². The molecule has 1 aromatic carbocycles. The molecule has 100 valence electrons. The van der Waals surface area contributed by atoms with Gasteiger partial charge in [-0.15, -0.1) is 0 Å². The Bertz CT molecular complexity index is 519. The highest BCUT2D eigenvalue weighted by Gasteiger charge is 2.26. The lowest BCUT2D eigenvalue weighted by Gasteiger charge is -2.30. The van der Waals surface area contributed by atoms with Crippen molar-refractivity contribution < 1.29 is 14.3 Å². The molecule has 0 radical (unpaired) electrons. The maximum Gasteiger partial charge on any atom is 0.323 e. The number of halogens is 1. The number of nitrogens with zero attached hydrogens (tertiary/aromatic N) is 2. The predicted octanol–water partition coefficient (Wildman–Crippen LogP) is 2.53. The number of nitriles is 1. The first-order chi connectivity index (χ1) is 9.11. The summed E-state index contributed by atoms with van der Waals surface area (Å²) in [6.07, 6.45) is 3.94. The molecule has 1 N–H and O–H groups in total. The molecule has 1 fully saturated rings. The summed E-state index contributed by atoms with van der Waals surface area (Å²) in [5.41, 5.74) is 0.700. The molecule has 1 aromatic rings. The van der Waals surface area contributed by atoms with E-state index < -0.39 is 11.8 Å². The van der Waals surface area contributed by atoms with Crippen LogP contribution in [0.2, 0.25) is 0 Å². The number of rotatable bonds is 4. The third-order valence-corrected chi connectivity index (χ3v) is 3.46. The fourth-order valence-corrected chi connectivity index (χ4v) is 2.62. The Kier molecular flexibility index (Phi) is 4.00. The number of hydrogen-bond acceptors (Lipinski definition) is 3. The summed E-state index contributed by atoms with van der Waals surface area (Å²) in [6, 6.07) is 5.97. The minimum Gasteiger partial charge on any atom is -0.480 e. The summed E-state index contributed by atoms with van der Waals surface area (Å²) in [4.78, 5) is 12.7. The maximum absolute atomic E-state index is 13.2. The second-order valence-electron chi connectivity index (χ2n) is 4.73. The van der Waals surface area contributed by atoms with E-state index in [1.54, 1.807) is 4.90 Å². The van der Waals surface area contributed by atoms with Crippen molar-refractivity contribution in [2.24, 2.45) is 0 Å². The molecule has 1 aliphatic rings. The van der Waals surface area contributed by atoms with Gasteiger partial charge in [-0.2, -0.15) is 5.26 Å². The molecule has 2 rings (SSSR count). The lowest BCUT2D eigenvalue weighted by atomic mass is 10.1. The van der Waals surface area contributed by atoms with Crippen molar-refractivity contribution in [1.29, 1.82) is 5.26 Å². The van der Waals surface area contributed by atoms with E-state index in [4.69, 9.17) is 10.4 Å². The Hall–Kier alpha value is -2.09. The zero-order valence-corrected chi connectivity index (χ0v) is 10.5. The summed E-state index contributed by atoms with van der Waals surface area (Å²) >= 11 is 0. The van der Waals surface area contributed by atoms with Gasteiger partial charge in [0, 0.05) is 6.04 Å². The number of hydrogen-bond donors (Lipinski definition) is 1. The molecule has 0 unspecified atom stereocenters. The fourth-order valence-electron chi connectivity index (χ4n) is 2.62. The Balaban J connectivity index is 2.37. The topological polar surface area (TPSA) is 64.3 Å². The van der Waals surface area contributed by atoms with Gasteiger partial charge in [0.05, 0.1) is 11.3 Å². The fraction of sp³-hybridized carbons (Fsp3) is 0.429. The lowest BCUT2D eigenvalue weighted by molar-refractivity contribution is -0.135. The van der Waals surface area contributed by atoms with E-state index in [1.807, 2.05) is 6.07 Å². The average Bonchev–Trinajstić information content (AvgIpc) is 2.89. The molecule has 0 heterocycles. The zero-order chi connectivity index (χ0) is 13.8. The van der Waals surface area contributed by atoms with E-state index in [1.165, 1.54) is 12.1 Å². The van der Waals surface area contributed by atoms with Crippen LogP contribution in [0.4, 0.5) is 10.1 Å². The van der Waals surface area contributed by atoms with Crippen molar-refractivity contribution in [2.75, 3.05) is 11.4 Å². The van der Waals surface area contributed by atoms with E-state index in [0.29, 0.717) is 5.69 Å². The third kappa shape index (κ3) is 3.02. The van der Waals surface area contributed by atoms with Gasteiger partial charge in [0.2, 0.25) is 0 Å². The largest absolute Gasteiger partial charge is 0.480 e. The standard InChI is InChI=1S/C14H15FN2O2/c15-11-5-6-13(10(7-11)8-16)17(9-14(18)19)12-3-1-2-4-12/h5-7,12H,1-4,9H2,(H,18,19). The van der Waals surface area contributed by atoms with Gasteiger partial charge in [0.15, 0.2) is 0 Å². The lowest BCUT2D eigenvalue weighted by Crippen LogP contribution is -2.38. The first-order valence-corrected chi connectivity index (χ1v) is 6.30. The molecular formula is C14H15FN2O2. The number of carbonyl (C=O) groups is 1. The van der Waals surface area contributed by atoms with Gasteiger partial charge >= 0.3 is 5.97 Å². The highest BCUT2D eigenvalue weighted by molar-refractivity contribution is 5.75. The number of benzene rings is 1. The second-order valence-corrected chi connectivity index (χ2v) is 4.73. The second kappa shape index (κ2) is 5.70. The molecule has 0 saturated heterocycles. The molecule has 0 amide bonds. The van der Waals surface area contributed by atoms with Crippen LogP contribution in [-0.2, 0) is 4.79 Å². The summed E-state index contributed by atoms with van der Waals surface area (Å²) in [5.74, 6) is -1.43. The number of aliphatic carboxylic acids is 1. The summed E-state index contributed by atoms with van der Waals surface area (Å²) in [5, 5.41) is 18.1. The summed E-state index contributed by atoms with van der Waals surface area (Å²) < 4.78 is 13.2. The molecule has 0 aromatic heterocycles. The summed E-state index contributed by atoms with van der Waals surface area (Å²) in [7, 11) is 0. The first kappa shape index (κ1) is 13.3. The van der Waals surface area contributed by atoms with E-state index >= 15 is 0 Å². The predicted molar refractivity (Wildman–Crippen MR) is 68.4 cm³/mol. The van der Waals surface area contributed by atoms with Crippen LogP contribution in [0.1, 0.15) is 31.2 Å². The highest BCUT2D eigenvalue weighted by atomic mass is 19.1. The van der Waals surface area contributed by atoms with E-state index in [-0.39, 0.29) is 18.2 Å². The minimum absolute atomic E-state index is 0.119. The van der Waals surface area contributed by atoms with Gasteiger partial charge in [0.25, 0.3) is 0 Å². The van der Waals surface area contributed by atoms with Crippen LogP contribution < -0.4 is 4.90 Å². The Morgan fingerprint density at radius 3 is 2.74 bits per heavy atom. The highest BCUT2D eigenvalue weighted by Crippen LogP contribution is 2.30. The van der Waals surface area contributed by atoms with E-state index in [0.717, 1.165) is 31.7 Å². The van der Waals surface area contributed by atoms with Crippen molar-refractivity contribution in [3.05, 3.63) is 29.6 Å². The zero-order valence-electron chi connectivity index (χ0n) is 10.5. The van der Waals surface area contributed by atoms with Crippen molar-refractivity contribution >= 4 is 11.7 Å². The molecule has 0 bridgehead atoms. The molecule has 1 aliphatic carbocycles. The van der Waals surface area contributed by atoms with Gasteiger partial charge in [-0.1, -0.05) is 12.8 Å². The van der Waals surface area contributed by atoms with Gasteiger partial charge in [-0.05, 0) is 31.0 Å². The number of carboxylic acids is 1. The van der Waals surface area contributed by atoms with E-state index in [9.17, 15) is 9.18 Å². The molecule has 4 nitrogen and oxygen atoms in total. The summed E-state index contributed by atoms with van der Waals surface area (Å²) in [6.45, 7) is -0.162. The van der Waals surface area contributed by atoms with Crippen molar-refractivity contribution in [3.63, 3.8) is 0 Å². The molecule has 0 aliphatic heterocycles. The maximum atomic E-state index is 13.2. The Morgan fingerprint density at radius 1 is 1.47 bits per heavy atom. The van der Waals surface area contributed by atoms with Crippen LogP contribution in [0, 0.1) is 17.1 Å². The quantitative estimate of drug-likeness (QED) is 0.905. The normalized spacial score (nSPS) is 15.2. The molecular weight excluding hydrogens is 247 g/mol. The van der Waals surface area contributed by atoms with Crippen LogP contribution in [-0.4, -0.2) is 23.7 Å². The van der Waals surface area contributed by atoms with Gasteiger partial charge in [0.1, 0.15) is 18.4 Å². The smallest absolute Gasteiger partial charge is 0.323 e. The van der Waals surface area contributed by atoms with Gasteiger partial charge in [-0.25, -0.2) is 4.39 Å². The number of anilines is 1. The van der Waals surface area contributed by atoms with Crippen molar-refractivity contribution in [2.45, 2.75) is 31.7 Å². The van der Waals surface area contributed by atoms with Gasteiger partial charge < -0.3 is 10.0 Å². The molecule has 19 heavy (non-hydrogen) atoms. The first-order valence-electron chi connectivity index (χ1n) is 6.30. The van der Waals surface area contributed by atoms with Crippen molar-refractivity contribution in [3.8, 4) is 6.07 Å². The van der Waals surface area contributed by atoms with Crippen LogP contribution >= 0.6 is 0 Å². The van der Waals surface area contributed by atoms with Crippen LogP contribution in [0.3, 0.4) is 0 Å².